The predicted molar refractivity (Wildman–Crippen MR) is 191 cm³/mol. The van der Waals surface area contributed by atoms with E-state index in [-0.39, 0.29) is 6.71 Å². The summed E-state index contributed by atoms with van der Waals surface area (Å²) in [5, 5.41) is 2.71. The SMILES string of the molecule is Cc1cc2c3c(c1)-n1c4c(cccc4c4sc5ccccc5c41)B3c1ccc(N(c3ccccc3)c3ccccc3)cc1S2. The molecule has 0 bridgehead atoms. The Balaban J connectivity index is 1.24. The molecule has 6 aromatic carbocycles. The molecule has 0 saturated carbocycles. The van der Waals surface area contributed by atoms with Gasteiger partial charge in [0.15, 0.2) is 0 Å². The van der Waals surface area contributed by atoms with Gasteiger partial charge in [0.25, 0.3) is 0 Å². The molecule has 2 aromatic heterocycles. The molecule has 0 fully saturated rings. The van der Waals surface area contributed by atoms with Crippen molar-refractivity contribution < 1.29 is 0 Å². The number of hydrogen-bond donors (Lipinski definition) is 0. The third-order valence-corrected chi connectivity index (χ3v) is 11.6. The van der Waals surface area contributed by atoms with E-state index in [1.54, 1.807) is 0 Å². The van der Waals surface area contributed by atoms with Crippen molar-refractivity contribution in [3.8, 4) is 5.69 Å². The first kappa shape index (κ1) is 24.7. The molecule has 8 aromatic rings. The van der Waals surface area contributed by atoms with Crippen LogP contribution >= 0.6 is 23.1 Å². The molecule has 10 rings (SSSR count). The highest BCUT2D eigenvalue weighted by molar-refractivity contribution is 8.00. The molecule has 0 saturated heterocycles. The smallest absolute Gasteiger partial charge is 0.249 e. The molecule has 44 heavy (non-hydrogen) atoms. The number of fused-ring (bicyclic) bond motifs is 9. The number of aromatic nitrogens is 1. The lowest BCUT2D eigenvalue weighted by molar-refractivity contribution is 1.16. The molecule has 0 aliphatic carbocycles. The first-order chi connectivity index (χ1) is 21.7. The normalized spacial score (nSPS) is 13.0. The lowest BCUT2D eigenvalue weighted by Gasteiger charge is -2.34. The van der Waals surface area contributed by atoms with E-state index in [1.165, 1.54) is 74.3 Å². The number of anilines is 3. The summed E-state index contributed by atoms with van der Waals surface area (Å²) in [6, 6.07) is 49.2. The Morgan fingerprint density at radius 2 is 1.32 bits per heavy atom. The predicted octanol–water partition coefficient (Wildman–Crippen LogP) is 9.07. The summed E-state index contributed by atoms with van der Waals surface area (Å²) >= 11 is 3.85. The van der Waals surface area contributed by atoms with Gasteiger partial charge < -0.3 is 9.47 Å². The Hall–Kier alpha value is -4.71. The molecule has 2 nitrogen and oxygen atoms in total. The molecule has 0 atom stereocenters. The molecule has 0 unspecified atom stereocenters. The molecule has 0 amide bonds. The summed E-state index contributed by atoms with van der Waals surface area (Å²) in [6.07, 6.45) is 0. The lowest BCUT2D eigenvalue weighted by atomic mass is 9.35. The molecular weight excluding hydrogens is 571 g/mol. The van der Waals surface area contributed by atoms with Gasteiger partial charge in [-0.2, -0.15) is 0 Å². The molecule has 0 N–H and O–H groups in total. The molecule has 0 radical (unpaired) electrons. The van der Waals surface area contributed by atoms with Crippen LogP contribution in [0.2, 0.25) is 0 Å². The van der Waals surface area contributed by atoms with Crippen LogP contribution in [0.4, 0.5) is 17.1 Å². The molecule has 0 spiro atoms. The van der Waals surface area contributed by atoms with Crippen molar-refractivity contribution in [2.45, 2.75) is 16.7 Å². The fraction of sp³-hybridized carbons (Fsp3) is 0.0256. The van der Waals surface area contributed by atoms with Gasteiger partial charge in [0.05, 0.1) is 15.7 Å². The van der Waals surface area contributed by atoms with Crippen LogP contribution in [-0.2, 0) is 0 Å². The number of aryl methyl sites for hydroxylation is 1. The van der Waals surface area contributed by atoms with E-state index in [4.69, 9.17) is 0 Å². The van der Waals surface area contributed by atoms with Crippen LogP contribution in [0.15, 0.2) is 143 Å². The zero-order chi connectivity index (χ0) is 28.9. The van der Waals surface area contributed by atoms with E-state index in [0.717, 1.165) is 11.4 Å². The Morgan fingerprint density at radius 1 is 0.591 bits per heavy atom. The maximum atomic E-state index is 2.59. The van der Waals surface area contributed by atoms with Gasteiger partial charge in [-0.1, -0.05) is 96.1 Å². The minimum absolute atomic E-state index is 0.194. The summed E-state index contributed by atoms with van der Waals surface area (Å²) in [5.41, 5.74) is 13.1. The molecule has 206 valence electrons. The van der Waals surface area contributed by atoms with Gasteiger partial charge in [-0.15, -0.1) is 11.3 Å². The quantitative estimate of drug-likeness (QED) is 0.188. The van der Waals surface area contributed by atoms with E-state index >= 15 is 0 Å². The maximum Gasteiger partial charge on any atom is 0.249 e. The van der Waals surface area contributed by atoms with E-state index in [1.807, 2.05) is 23.1 Å². The van der Waals surface area contributed by atoms with E-state index in [2.05, 4.69) is 150 Å². The maximum absolute atomic E-state index is 2.59. The first-order valence-corrected chi connectivity index (χ1v) is 16.7. The first-order valence-electron chi connectivity index (χ1n) is 15.1. The summed E-state index contributed by atoms with van der Waals surface area (Å²) < 4.78 is 5.33. The lowest BCUT2D eigenvalue weighted by Crippen LogP contribution is -2.58. The van der Waals surface area contributed by atoms with Crippen LogP contribution in [0, 0.1) is 6.92 Å². The average Bonchev–Trinajstić information content (AvgIpc) is 3.60. The van der Waals surface area contributed by atoms with E-state index < -0.39 is 0 Å². The summed E-state index contributed by atoms with van der Waals surface area (Å²) in [6.45, 7) is 2.44. The number of thiophene rings is 1. The summed E-state index contributed by atoms with van der Waals surface area (Å²) in [7, 11) is 0. The zero-order valence-electron chi connectivity index (χ0n) is 24.0. The van der Waals surface area contributed by atoms with Gasteiger partial charge in [-0.25, -0.2) is 0 Å². The number of benzene rings is 6. The Bertz CT molecular complexity index is 2400. The standard InChI is InChI=1S/C39H25BN2S2/c1-24-21-32-36-35(22-24)43-34-23-27(41(25-11-4-2-5-12-25)26-13-6-3-7-14-26)19-20-30(34)40(36)31-17-10-16-29-37(31)42(32)38-28-15-8-9-18-33(28)44-39(29)38/h2-23H,1H3. The van der Waals surface area contributed by atoms with Crippen molar-refractivity contribution in [3.63, 3.8) is 0 Å². The second-order valence-electron chi connectivity index (χ2n) is 11.8. The fourth-order valence-electron chi connectivity index (χ4n) is 7.51. The third kappa shape index (κ3) is 3.34. The second kappa shape index (κ2) is 9.15. The van der Waals surface area contributed by atoms with Crippen molar-refractivity contribution in [1.82, 2.24) is 4.57 Å². The summed E-state index contributed by atoms with van der Waals surface area (Å²) in [4.78, 5) is 5.06. The molecular formula is C39H25BN2S2. The molecule has 2 aliphatic heterocycles. The van der Waals surface area contributed by atoms with Gasteiger partial charge in [0, 0.05) is 48.0 Å². The molecule has 4 heterocycles. The fourth-order valence-corrected chi connectivity index (χ4v) is 10.0. The van der Waals surface area contributed by atoms with Crippen molar-refractivity contribution in [3.05, 3.63) is 139 Å². The highest BCUT2D eigenvalue weighted by atomic mass is 32.2. The van der Waals surface area contributed by atoms with Crippen molar-refractivity contribution in [1.29, 1.82) is 0 Å². The number of hydrogen-bond acceptors (Lipinski definition) is 3. The Morgan fingerprint density at radius 3 is 2.11 bits per heavy atom. The Labute approximate surface area is 264 Å². The van der Waals surface area contributed by atoms with E-state index in [9.17, 15) is 0 Å². The molecule has 5 heteroatoms. The number of para-hydroxylation sites is 3. The van der Waals surface area contributed by atoms with Crippen LogP contribution in [0.1, 0.15) is 5.56 Å². The third-order valence-electron chi connectivity index (χ3n) is 9.25. The largest absolute Gasteiger partial charge is 0.310 e. The van der Waals surface area contributed by atoms with Crippen molar-refractivity contribution in [2.75, 3.05) is 4.90 Å². The highest BCUT2D eigenvalue weighted by Crippen LogP contribution is 2.45. The zero-order valence-corrected chi connectivity index (χ0v) is 25.6. The van der Waals surface area contributed by atoms with Crippen LogP contribution in [-0.4, -0.2) is 11.3 Å². The van der Waals surface area contributed by atoms with Crippen LogP contribution in [0.25, 0.3) is 36.9 Å². The van der Waals surface area contributed by atoms with Gasteiger partial charge >= 0.3 is 0 Å². The van der Waals surface area contributed by atoms with Crippen LogP contribution in [0.5, 0.6) is 0 Å². The Kier molecular flexibility index (Phi) is 5.14. The monoisotopic (exact) mass is 596 g/mol. The highest BCUT2D eigenvalue weighted by Gasteiger charge is 2.40. The minimum atomic E-state index is 0.194. The average molecular weight is 597 g/mol. The number of rotatable bonds is 3. The topological polar surface area (TPSA) is 8.17 Å². The van der Waals surface area contributed by atoms with Crippen LogP contribution in [0.3, 0.4) is 0 Å². The van der Waals surface area contributed by atoms with E-state index in [0.29, 0.717) is 0 Å². The minimum Gasteiger partial charge on any atom is -0.310 e. The van der Waals surface area contributed by atoms with Crippen molar-refractivity contribution in [2.24, 2.45) is 0 Å². The van der Waals surface area contributed by atoms with Gasteiger partial charge in [0.1, 0.15) is 0 Å². The van der Waals surface area contributed by atoms with Gasteiger partial charge in [-0.3, -0.25) is 0 Å². The second-order valence-corrected chi connectivity index (χ2v) is 14.0. The molecule has 2 aliphatic rings. The number of nitrogens with zero attached hydrogens (tertiary/aromatic N) is 2. The summed E-state index contributed by atoms with van der Waals surface area (Å²) in [5.74, 6) is 0. The van der Waals surface area contributed by atoms with Crippen LogP contribution < -0.4 is 21.3 Å². The van der Waals surface area contributed by atoms with Gasteiger partial charge in [0.2, 0.25) is 6.71 Å². The van der Waals surface area contributed by atoms with Crippen molar-refractivity contribution >= 4 is 94.5 Å². The van der Waals surface area contributed by atoms with Gasteiger partial charge in [-0.05, 0) is 78.0 Å².